The van der Waals surface area contributed by atoms with E-state index in [-0.39, 0.29) is 11.5 Å². The average Bonchev–Trinajstić information content (AvgIpc) is 2.37. The van der Waals surface area contributed by atoms with Gasteiger partial charge >= 0.3 is 124 Å². The van der Waals surface area contributed by atoms with Crippen LogP contribution in [0.15, 0.2) is 0 Å². The summed E-state index contributed by atoms with van der Waals surface area (Å²) in [6, 6.07) is -2.21. The minimum atomic E-state index is -1.24. The second kappa shape index (κ2) is 11.3. The van der Waals surface area contributed by atoms with E-state index >= 15 is 0 Å². The van der Waals surface area contributed by atoms with Crippen molar-refractivity contribution in [3.63, 3.8) is 0 Å². The van der Waals surface area contributed by atoms with E-state index in [2.05, 4.69) is 11.5 Å². The molecule has 0 saturated carbocycles. The third-order valence-electron chi connectivity index (χ3n) is 1.77. The van der Waals surface area contributed by atoms with Crippen LogP contribution in [0, 0.1) is 11.5 Å². The molecule has 0 aliphatic rings. The summed E-state index contributed by atoms with van der Waals surface area (Å²) in [5.74, 6) is 2.01. The predicted molar refractivity (Wildman–Crippen MR) is 76.8 cm³/mol. The van der Waals surface area contributed by atoms with Crippen molar-refractivity contribution in [3.8, 4) is 11.5 Å². The zero-order chi connectivity index (χ0) is 15.5. The van der Waals surface area contributed by atoms with E-state index in [1.807, 2.05) is 0 Å². The number of hydrogen-bond donors (Lipinski definition) is 3. The number of rotatable bonds is 8. The zero-order valence-electron chi connectivity index (χ0n) is 9.83. The summed E-state index contributed by atoms with van der Waals surface area (Å²) in [5.41, 5.74) is 5.28. The molecule has 4 N–H and O–H groups in total. The third-order valence-corrected chi connectivity index (χ3v) is 4.79. The maximum absolute atomic E-state index is 11.1. The number of aliphatic carboxylic acids is 2. The first-order valence-corrected chi connectivity index (χ1v) is 8.96. The Morgan fingerprint density at radius 3 is 2.00 bits per heavy atom. The number of nitrogens with zero attached hydrogens (tertiary/aromatic N) is 1. The van der Waals surface area contributed by atoms with Crippen LogP contribution >= 0.6 is 37.4 Å². The van der Waals surface area contributed by atoms with Crippen molar-refractivity contribution in [3.05, 3.63) is 0 Å². The van der Waals surface area contributed by atoms with Crippen molar-refractivity contribution >= 4 is 49.4 Å². The molecule has 0 aromatic carbocycles. The number of hydrogen-bond acceptors (Lipinski definition) is 8. The molecule has 0 aromatic rings. The van der Waals surface area contributed by atoms with Crippen molar-refractivity contribution in [1.82, 2.24) is 4.90 Å². The van der Waals surface area contributed by atoms with Gasteiger partial charge in [-0.2, -0.15) is 0 Å². The Morgan fingerprint density at radius 2 is 1.60 bits per heavy atom. The quantitative estimate of drug-likeness (QED) is 0.249. The van der Waals surface area contributed by atoms with Crippen molar-refractivity contribution < 1.29 is 28.9 Å². The fourth-order valence-corrected chi connectivity index (χ4v) is 3.75. The van der Waals surface area contributed by atoms with Crippen LogP contribution in [-0.2, 0) is 18.7 Å². The summed E-state index contributed by atoms with van der Waals surface area (Å²) in [5, 5.41) is 17.6. The molecule has 20 heavy (non-hydrogen) atoms. The molecule has 110 valence electrons. The van der Waals surface area contributed by atoms with Gasteiger partial charge in [0.2, 0.25) is 0 Å². The molecule has 12 heteroatoms. The molecule has 0 aromatic heterocycles. The third kappa shape index (κ3) is 8.00. The fraction of sp³-hybridized carbons (Fsp3) is 0.500. The van der Waals surface area contributed by atoms with Crippen LogP contribution in [-0.4, -0.2) is 50.6 Å². The van der Waals surface area contributed by atoms with Gasteiger partial charge in [-0.1, -0.05) is 0 Å². The van der Waals surface area contributed by atoms with Gasteiger partial charge in [0, 0.05) is 0 Å². The molecule has 0 aliphatic heterocycles. The van der Waals surface area contributed by atoms with E-state index < -0.39 is 39.9 Å². The van der Waals surface area contributed by atoms with Crippen molar-refractivity contribution in [2.24, 2.45) is 5.73 Å². The topological polar surface area (TPSA) is 138 Å². The van der Waals surface area contributed by atoms with E-state index in [0.717, 1.165) is 26.5 Å². The second-order valence-corrected chi connectivity index (χ2v) is 6.44. The molecule has 0 aliphatic carbocycles. The molecule has 0 fully saturated rings. The minimum absolute atomic E-state index is 0.0113. The summed E-state index contributed by atoms with van der Waals surface area (Å²) in [6.07, 6.45) is 0. The van der Waals surface area contributed by atoms with Gasteiger partial charge in [0.25, 0.3) is 0 Å². The summed E-state index contributed by atoms with van der Waals surface area (Å²) in [4.78, 5) is 22.3. The van der Waals surface area contributed by atoms with Crippen LogP contribution in [0.4, 0.5) is 0 Å². The molecule has 0 unspecified atom stereocenters. The molecular weight excluding hydrogens is 346 g/mol. The van der Waals surface area contributed by atoms with E-state index in [9.17, 15) is 18.7 Å². The first-order chi connectivity index (χ1) is 9.43. The van der Waals surface area contributed by atoms with Gasteiger partial charge in [-0.25, -0.2) is 0 Å². The molecule has 0 bridgehead atoms. The summed E-state index contributed by atoms with van der Waals surface area (Å²) in [7, 11) is 1.03. The van der Waals surface area contributed by atoms with Gasteiger partial charge in [0.05, 0.1) is 0 Å². The maximum atomic E-state index is 11.1. The first-order valence-electron chi connectivity index (χ1n) is 4.84. The number of nitrogens with two attached hydrogens (primary N) is 1. The molecular formula is C8H10N2O6P2S2. The fourth-order valence-electron chi connectivity index (χ4n) is 0.811. The zero-order valence-corrected chi connectivity index (χ0v) is 13.3. The average molecular weight is 356 g/mol. The Morgan fingerprint density at radius 1 is 1.10 bits per heavy atom. The molecule has 0 heterocycles. The molecule has 0 saturated heterocycles. The van der Waals surface area contributed by atoms with Crippen LogP contribution in [0.25, 0.3) is 0 Å². The molecule has 0 spiro atoms. The Kier molecular flexibility index (Phi) is 11.0. The molecule has 8 nitrogen and oxygen atoms in total. The van der Waals surface area contributed by atoms with E-state index in [4.69, 9.17) is 15.9 Å². The standard InChI is InChI=1S/C8H10N2O6P2S2/c9-5(7(11)12)1-19-20-2-6(8(13)14)10(3-17-15)4-18-16/h5-6H,1-2,9H2,(H,11,12)(H,13,14)/t5-,6-/m0/s1. The molecule has 0 rings (SSSR count). The normalized spacial score (nSPS) is 12.9. The van der Waals surface area contributed by atoms with Gasteiger partial charge in [0.15, 0.2) is 0 Å². The van der Waals surface area contributed by atoms with Crippen molar-refractivity contribution in [1.29, 1.82) is 0 Å². The van der Waals surface area contributed by atoms with Crippen LogP contribution in [0.5, 0.6) is 0 Å². The first kappa shape index (κ1) is 19.6. The Labute approximate surface area is 124 Å². The summed E-state index contributed by atoms with van der Waals surface area (Å²) in [6.45, 7) is 0. The van der Waals surface area contributed by atoms with E-state index in [1.54, 1.807) is 0 Å². The molecule has 0 amide bonds. The van der Waals surface area contributed by atoms with Gasteiger partial charge in [0.1, 0.15) is 0 Å². The van der Waals surface area contributed by atoms with Crippen LogP contribution in [0.1, 0.15) is 0 Å². The Hall–Kier alpha value is -0.420. The monoisotopic (exact) mass is 356 g/mol. The van der Waals surface area contributed by atoms with Crippen molar-refractivity contribution in [2.45, 2.75) is 12.1 Å². The van der Waals surface area contributed by atoms with E-state index in [1.165, 1.54) is 0 Å². The van der Waals surface area contributed by atoms with Gasteiger partial charge in [-0.15, -0.1) is 0 Å². The van der Waals surface area contributed by atoms with Crippen LogP contribution in [0.2, 0.25) is 0 Å². The Bertz CT molecular complexity index is 533. The van der Waals surface area contributed by atoms with Gasteiger partial charge in [-0.3, -0.25) is 0 Å². The van der Waals surface area contributed by atoms with Gasteiger partial charge < -0.3 is 0 Å². The van der Waals surface area contributed by atoms with Gasteiger partial charge in [-0.05, 0) is 0 Å². The van der Waals surface area contributed by atoms with Crippen LogP contribution < -0.4 is 5.73 Å². The SMILES string of the molecule is N[C@@H](CSSC[C@@H](C(=O)O)N(C#P=O)C#P=O)C(=O)O. The summed E-state index contributed by atoms with van der Waals surface area (Å²) < 4.78 is 20.8. The summed E-state index contributed by atoms with van der Waals surface area (Å²) >= 11 is 0. The van der Waals surface area contributed by atoms with Crippen LogP contribution in [0.3, 0.4) is 0 Å². The van der Waals surface area contributed by atoms with Crippen molar-refractivity contribution in [2.75, 3.05) is 11.5 Å². The Balaban J connectivity index is 4.54. The molecule has 0 radical (unpaired) electrons. The second-order valence-electron chi connectivity index (χ2n) is 3.12. The molecule has 2 atom stereocenters. The number of carboxylic acid groups (broad SMARTS) is 2. The predicted octanol–water partition coefficient (Wildman–Crippen LogP) is 0.952. The number of carbonyl (C=O) groups is 2. The number of carboxylic acids is 2. The van der Waals surface area contributed by atoms with E-state index in [0.29, 0.717) is 0 Å².